The first-order chi connectivity index (χ1) is 14.1. The fourth-order valence-electron chi connectivity index (χ4n) is 3.31. The van der Waals surface area contributed by atoms with Gasteiger partial charge >= 0.3 is 0 Å². The van der Waals surface area contributed by atoms with Crippen molar-refractivity contribution in [3.8, 4) is 5.75 Å². The van der Waals surface area contributed by atoms with Gasteiger partial charge < -0.3 is 10.1 Å². The van der Waals surface area contributed by atoms with Crippen LogP contribution >= 0.6 is 0 Å². The zero-order chi connectivity index (χ0) is 20.6. The summed E-state index contributed by atoms with van der Waals surface area (Å²) in [5.74, 6) is 0.814. The topological polar surface area (TPSA) is 41.6 Å². The van der Waals surface area contributed by atoms with Crippen LogP contribution in [-0.2, 0) is 11.3 Å². The lowest BCUT2D eigenvalue weighted by atomic mass is 9.98. The van der Waals surface area contributed by atoms with Crippen molar-refractivity contribution in [2.75, 3.05) is 14.2 Å². The number of hydrogen-bond acceptors (Lipinski definition) is 3. The van der Waals surface area contributed by atoms with Crippen molar-refractivity contribution in [3.63, 3.8) is 0 Å². The molecule has 0 heterocycles. The zero-order valence-electron chi connectivity index (χ0n) is 17.2. The minimum Gasteiger partial charge on any atom is -0.497 e. The van der Waals surface area contributed by atoms with Crippen LogP contribution in [0.1, 0.15) is 29.7 Å². The third kappa shape index (κ3) is 5.46. The molecule has 0 aliphatic rings. The Balaban J connectivity index is 1.73. The summed E-state index contributed by atoms with van der Waals surface area (Å²) in [5.41, 5.74) is 3.23. The van der Waals surface area contributed by atoms with Gasteiger partial charge in [-0.1, -0.05) is 72.8 Å². The molecule has 3 rings (SSSR count). The van der Waals surface area contributed by atoms with Crippen LogP contribution in [0, 0.1) is 0 Å². The van der Waals surface area contributed by atoms with E-state index in [-0.39, 0.29) is 18.0 Å². The molecule has 1 amide bonds. The summed E-state index contributed by atoms with van der Waals surface area (Å²) in [4.78, 5) is 15.1. The average Bonchev–Trinajstić information content (AvgIpc) is 2.78. The molecule has 1 atom stereocenters. The highest BCUT2D eigenvalue weighted by Gasteiger charge is 2.23. The molecular formula is C25H28N2O2. The molecular weight excluding hydrogens is 360 g/mol. The smallest absolute Gasteiger partial charge is 0.237 e. The number of rotatable bonds is 8. The highest BCUT2D eigenvalue weighted by Crippen LogP contribution is 2.22. The van der Waals surface area contributed by atoms with E-state index in [4.69, 9.17) is 4.74 Å². The van der Waals surface area contributed by atoms with Crippen molar-refractivity contribution in [2.24, 2.45) is 0 Å². The van der Waals surface area contributed by atoms with E-state index in [1.54, 1.807) is 7.11 Å². The molecule has 1 N–H and O–H groups in total. The number of ether oxygens (including phenoxy) is 1. The minimum atomic E-state index is -0.281. The van der Waals surface area contributed by atoms with Crippen LogP contribution in [0.15, 0.2) is 84.9 Å². The van der Waals surface area contributed by atoms with E-state index in [1.165, 1.54) is 0 Å². The highest BCUT2D eigenvalue weighted by atomic mass is 16.5. The van der Waals surface area contributed by atoms with Gasteiger partial charge in [-0.2, -0.15) is 0 Å². The second-order valence-electron chi connectivity index (χ2n) is 7.21. The van der Waals surface area contributed by atoms with Gasteiger partial charge in [0.05, 0.1) is 19.2 Å². The van der Waals surface area contributed by atoms with Crippen LogP contribution in [0.2, 0.25) is 0 Å². The molecule has 0 fully saturated rings. The van der Waals surface area contributed by atoms with Gasteiger partial charge in [0.25, 0.3) is 0 Å². The van der Waals surface area contributed by atoms with Gasteiger partial charge in [-0.25, -0.2) is 0 Å². The molecule has 0 saturated heterocycles. The second kappa shape index (κ2) is 9.89. The van der Waals surface area contributed by atoms with Crippen LogP contribution in [0.4, 0.5) is 0 Å². The number of hydrogen-bond donors (Lipinski definition) is 1. The maximum atomic E-state index is 13.1. The average molecular weight is 389 g/mol. The van der Waals surface area contributed by atoms with Gasteiger partial charge in [-0.05, 0) is 42.8 Å². The van der Waals surface area contributed by atoms with E-state index in [2.05, 4.69) is 5.32 Å². The van der Waals surface area contributed by atoms with Gasteiger partial charge in [-0.3, -0.25) is 9.69 Å². The Morgan fingerprint density at radius 2 is 1.52 bits per heavy atom. The Kier molecular flexibility index (Phi) is 7.04. The van der Waals surface area contributed by atoms with Crippen molar-refractivity contribution in [2.45, 2.75) is 25.6 Å². The molecule has 4 heteroatoms. The fraction of sp³-hybridized carbons (Fsp3) is 0.240. The Bertz CT molecular complexity index is 873. The Morgan fingerprint density at radius 3 is 2.07 bits per heavy atom. The summed E-state index contributed by atoms with van der Waals surface area (Å²) in [6, 6.07) is 27.6. The number of carbonyl (C=O) groups is 1. The van der Waals surface area contributed by atoms with Gasteiger partial charge in [0.15, 0.2) is 0 Å². The van der Waals surface area contributed by atoms with E-state index in [0.29, 0.717) is 6.54 Å². The van der Waals surface area contributed by atoms with Crippen molar-refractivity contribution in [1.29, 1.82) is 0 Å². The van der Waals surface area contributed by atoms with E-state index < -0.39 is 0 Å². The number of methoxy groups -OCH3 is 1. The molecule has 0 unspecified atom stereocenters. The first kappa shape index (κ1) is 20.6. The highest BCUT2D eigenvalue weighted by molar-refractivity contribution is 5.82. The molecule has 0 aliphatic heterocycles. The predicted octanol–water partition coefficient (Wildman–Crippen LogP) is 4.42. The molecule has 0 bridgehead atoms. The number of likely N-dealkylation sites (N-methyl/N-ethyl adjacent to an activating group) is 1. The van der Waals surface area contributed by atoms with Crippen LogP contribution in [-0.4, -0.2) is 31.0 Å². The largest absolute Gasteiger partial charge is 0.497 e. The van der Waals surface area contributed by atoms with Crippen LogP contribution in [0.25, 0.3) is 0 Å². The van der Waals surface area contributed by atoms with E-state index in [0.717, 1.165) is 22.4 Å². The maximum Gasteiger partial charge on any atom is 0.237 e. The van der Waals surface area contributed by atoms with Crippen LogP contribution in [0.3, 0.4) is 0 Å². The van der Waals surface area contributed by atoms with Gasteiger partial charge in [0.1, 0.15) is 5.75 Å². The lowest BCUT2D eigenvalue weighted by Crippen LogP contribution is -2.44. The van der Waals surface area contributed by atoms with Crippen molar-refractivity contribution in [3.05, 3.63) is 102 Å². The number of nitrogens with zero attached hydrogens (tertiary/aromatic N) is 1. The van der Waals surface area contributed by atoms with Gasteiger partial charge in [0, 0.05) is 6.54 Å². The molecule has 4 nitrogen and oxygen atoms in total. The lowest BCUT2D eigenvalue weighted by Gasteiger charge is -2.27. The first-order valence-electron chi connectivity index (χ1n) is 9.82. The van der Waals surface area contributed by atoms with Crippen molar-refractivity contribution < 1.29 is 9.53 Å². The molecule has 0 spiro atoms. The van der Waals surface area contributed by atoms with E-state index >= 15 is 0 Å². The molecule has 150 valence electrons. The van der Waals surface area contributed by atoms with Gasteiger partial charge in [-0.15, -0.1) is 0 Å². The maximum absolute atomic E-state index is 13.1. The van der Waals surface area contributed by atoms with E-state index in [9.17, 15) is 4.79 Å². The predicted molar refractivity (Wildman–Crippen MR) is 117 cm³/mol. The van der Waals surface area contributed by atoms with Gasteiger partial charge in [0.2, 0.25) is 5.91 Å². The number of amides is 1. The Hall–Kier alpha value is -3.11. The summed E-state index contributed by atoms with van der Waals surface area (Å²) in [6.07, 6.45) is 0. The molecule has 29 heavy (non-hydrogen) atoms. The summed E-state index contributed by atoms with van der Waals surface area (Å²) in [6.45, 7) is 2.59. The first-order valence-corrected chi connectivity index (χ1v) is 9.82. The zero-order valence-corrected chi connectivity index (χ0v) is 17.2. The monoisotopic (exact) mass is 388 g/mol. The lowest BCUT2D eigenvalue weighted by molar-refractivity contribution is -0.126. The second-order valence-corrected chi connectivity index (χ2v) is 7.21. The molecule has 0 aliphatic carbocycles. The third-order valence-corrected chi connectivity index (χ3v) is 5.16. The van der Waals surface area contributed by atoms with Crippen molar-refractivity contribution >= 4 is 5.91 Å². The summed E-state index contributed by atoms with van der Waals surface area (Å²) in [5, 5.41) is 3.23. The van der Waals surface area contributed by atoms with E-state index in [1.807, 2.05) is 104 Å². The number of benzene rings is 3. The Morgan fingerprint density at radius 1 is 0.931 bits per heavy atom. The quantitative estimate of drug-likeness (QED) is 0.621. The molecule has 3 aromatic rings. The summed E-state index contributed by atoms with van der Waals surface area (Å²) in [7, 11) is 3.62. The molecule has 0 saturated carbocycles. The molecule has 3 aromatic carbocycles. The minimum absolute atomic E-state index is 0.00639. The number of nitrogens with one attached hydrogen (secondary N) is 1. The normalized spacial score (nSPS) is 12.0. The standard InChI is InChI=1S/C25H28N2O2/c1-19(27(2)18-20-11-10-16-23(17-20)29-3)25(28)26-24(21-12-6-4-7-13-21)22-14-8-5-9-15-22/h4-17,19,24H,18H2,1-3H3,(H,26,28)/t19-/m0/s1. The Labute approximate surface area is 173 Å². The SMILES string of the molecule is COc1cccc(CN(C)[C@@H](C)C(=O)NC(c2ccccc2)c2ccccc2)c1. The summed E-state index contributed by atoms with van der Waals surface area (Å²) >= 11 is 0. The third-order valence-electron chi connectivity index (χ3n) is 5.16. The number of carbonyl (C=O) groups excluding carboxylic acids is 1. The van der Waals surface area contributed by atoms with Crippen molar-refractivity contribution in [1.82, 2.24) is 10.2 Å². The summed E-state index contributed by atoms with van der Waals surface area (Å²) < 4.78 is 5.30. The van der Waals surface area contributed by atoms with Crippen LogP contribution in [0.5, 0.6) is 5.75 Å². The van der Waals surface area contributed by atoms with Crippen LogP contribution < -0.4 is 10.1 Å². The molecule has 0 aromatic heterocycles. The molecule has 0 radical (unpaired) electrons. The fourth-order valence-corrected chi connectivity index (χ4v) is 3.31.